The largest absolute Gasteiger partial charge is 0.478 e. The number of fused-ring (bicyclic) bond motifs is 2. The first-order chi connectivity index (χ1) is 20.9. The number of rotatable bonds is 7. The van der Waals surface area contributed by atoms with Crippen molar-refractivity contribution >= 4 is 39.9 Å². The average molecular weight is 574 g/mol. The summed E-state index contributed by atoms with van der Waals surface area (Å²) in [5, 5.41) is 13.5. The summed E-state index contributed by atoms with van der Waals surface area (Å²) in [5.74, 6) is 0.137. The molecule has 1 amide bonds. The van der Waals surface area contributed by atoms with E-state index in [1.165, 1.54) is 18.4 Å². The number of nitrogens with zero attached hydrogens (tertiary/aromatic N) is 4. The van der Waals surface area contributed by atoms with Crippen LogP contribution in [0.15, 0.2) is 66.9 Å². The summed E-state index contributed by atoms with van der Waals surface area (Å²) in [7, 11) is 4.07. The molecule has 0 saturated heterocycles. The van der Waals surface area contributed by atoms with Gasteiger partial charge in [-0.25, -0.2) is 9.78 Å². The van der Waals surface area contributed by atoms with Crippen molar-refractivity contribution in [1.82, 2.24) is 24.4 Å². The summed E-state index contributed by atoms with van der Waals surface area (Å²) in [6.45, 7) is 0. The number of carboxylic acids is 1. The Hall–Kier alpha value is -4.72. The number of aliphatic carboxylic acids is 1. The second-order valence-corrected chi connectivity index (χ2v) is 12.0. The van der Waals surface area contributed by atoms with Crippen LogP contribution in [0.1, 0.15) is 78.2 Å². The van der Waals surface area contributed by atoms with E-state index in [1.807, 2.05) is 55.7 Å². The lowest BCUT2D eigenvalue weighted by molar-refractivity contribution is -0.131. The number of nitrogens with one attached hydrogen (secondary N) is 1. The van der Waals surface area contributed by atoms with E-state index in [1.54, 1.807) is 6.08 Å². The molecule has 8 nitrogen and oxygen atoms in total. The van der Waals surface area contributed by atoms with Crippen LogP contribution in [-0.2, 0) is 24.4 Å². The predicted molar refractivity (Wildman–Crippen MR) is 168 cm³/mol. The van der Waals surface area contributed by atoms with E-state index < -0.39 is 11.5 Å². The van der Waals surface area contributed by atoms with E-state index in [4.69, 9.17) is 15.1 Å². The van der Waals surface area contributed by atoms with Crippen molar-refractivity contribution < 1.29 is 14.7 Å². The molecule has 0 atom stereocenters. The molecule has 2 fully saturated rings. The molecular formula is C35H35N5O3. The van der Waals surface area contributed by atoms with Gasteiger partial charge in [0.25, 0.3) is 5.91 Å². The highest BCUT2D eigenvalue weighted by Crippen LogP contribution is 2.46. The number of aromatic nitrogens is 4. The smallest absolute Gasteiger partial charge is 0.328 e. The summed E-state index contributed by atoms with van der Waals surface area (Å²) >= 11 is 0. The minimum atomic E-state index is -0.991. The zero-order valence-corrected chi connectivity index (χ0v) is 24.5. The van der Waals surface area contributed by atoms with Gasteiger partial charge in [0.2, 0.25) is 0 Å². The molecule has 2 saturated carbocycles. The molecule has 43 heavy (non-hydrogen) atoms. The lowest BCUT2D eigenvalue weighted by atomic mass is 9.75. The number of carbonyl (C=O) groups is 2. The van der Waals surface area contributed by atoms with Crippen LogP contribution in [0.5, 0.6) is 0 Å². The Kier molecular flexibility index (Phi) is 6.64. The number of amides is 1. The van der Waals surface area contributed by atoms with Gasteiger partial charge < -0.3 is 19.6 Å². The van der Waals surface area contributed by atoms with Gasteiger partial charge in [-0.05, 0) is 91.6 Å². The summed E-state index contributed by atoms with van der Waals surface area (Å²) in [5.41, 5.74) is 6.93. The molecule has 3 aromatic heterocycles. The number of benzene rings is 2. The Balaban J connectivity index is 1.31. The van der Waals surface area contributed by atoms with Crippen LogP contribution < -0.4 is 5.32 Å². The lowest BCUT2D eigenvalue weighted by Crippen LogP contribution is -2.52. The van der Waals surface area contributed by atoms with E-state index >= 15 is 0 Å². The minimum absolute atomic E-state index is 0.0835. The fourth-order valence-electron chi connectivity index (χ4n) is 7.27. The Bertz CT molecular complexity index is 1910. The monoisotopic (exact) mass is 573 g/mol. The molecule has 7 rings (SSSR count). The zero-order valence-electron chi connectivity index (χ0n) is 24.5. The number of carbonyl (C=O) groups excluding carboxylic acids is 1. The predicted octanol–water partition coefficient (Wildman–Crippen LogP) is 6.69. The normalized spacial score (nSPS) is 16.7. The lowest BCUT2D eigenvalue weighted by Gasteiger charge is -2.41. The number of aryl methyl sites for hydroxylation is 2. The van der Waals surface area contributed by atoms with E-state index in [0.717, 1.165) is 82.9 Å². The van der Waals surface area contributed by atoms with Crippen LogP contribution >= 0.6 is 0 Å². The highest BCUT2D eigenvalue weighted by atomic mass is 16.4. The molecule has 2 aliphatic rings. The Morgan fingerprint density at radius 2 is 1.79 bits per heavy atom. The summed E-state index contributed by atoms with van der Waals surface area (Å²) in [6.07, 6.45) is 11.8. The third-order valence-corrected chi connectivity index (χ3v) is 9.49. The van der Waals surface area contributed by atoms with Crippen molar-refractivity contribution in [2.75, 3.05) is 0 Å². The maximum absolute atomic E-state index is 14.4. The standard InChI is InChI=1S/C35H35N5O3/c1-39-28-13-7-11-24(31(28)30(23-9-3-4-10-23)32(39)25-12-5-6-20-36-25)33(43)38-35(18-8-19-35)34-37-26-21-22(15-17-29(41)42)14-16-27(26)40(34)2/h5-7,11-17,20-21,23H,3-4,8-10,18-19H2,1-2H3,(H,38,43)(H,41,42). The van der Waals surface area contributed by atoms with Crippen molar-refractivity contribution in [1.29, 1.82) is 0 Å². The maximum atomic E-state index is 14.4. The fraction of sp³-hybridized carbons (Fsp3) is 0.314. The van der Waals surface area contributed by atoms with Crippen LogP contribution in [0.25, 0.3) is 39.4 Å². The Morgan fingerprint density at radius 1 is 0.977 bits per heavy atom. The Morgan fingerprint density at radius 3 is 2.49 bits per heavy atom. The highest BCUT2D eigenvalue weighted by molar-refractivity contribution is 6.10. The molecule has 5 aromatic rings. The van der Waals surface area contributed by atoms with Crippen molar-refractivity contribution in [2.24, 2.45) is 14.1 Å². The third-order valence-electron chi connectivity index (χ3n) is 9.49. The van der Waals surface area contributed by atoms with Crippen molar-refractivity contribution in [3.63, 3.8) is 0 Å². The van der Waals surface area contributed by atoms with Crippen LogP contribution in [-0.4, -0.2) is 36.1 Å². The molecule has 8 heteroatoms. The quantitative estimate of drug-likeness (QED) is 0.211. The summed E-state index contributed by atoms with van der Waals surface area (Å²) < 4.78 is 4.27. The van der Waals surface area contributed by atoms with Crippen LogP contribution in [0.3, 0.4) is 0 Å². The van der Waals surface area contributed by atoms with Crippen molar-refractivity contribution in [3.05, 3.63) is 89.4 Å². The second kappa shape index (κ2) is 10.5. The molecule has 0 aliphatic heterocycles. The summed E-state index contributed by atoms with van der Waals surface area (Å²) in [6, 6.07) is 17.8. The van der Waals surface area contributed by atoms with Crippen molar-refractivity contribution in [3.8, 4) is 11.4 Å². The molecule has 0 bridgehead atoms. The zero-order chi connectivity index (χ0) is 29.7. The van der Waals surface area contributed by atoms with E-state index in [0.29, 0.717) is 11.5 Å². The van der Waals surface area contributed by atoms with E-state index in [-0.39, 0.29) is 5.91 Å². The van der Waals surface area contributed by atoms with E-state index in [9.17, 15) is 9.59 Å². The molecule has 0 radical (unpaired) electrons. The number of carboxylic acid groups (broad SMARTS) is 1. The van der Waals surface area contributed by atoms with Gasteiger partial charge in [0, 0.05) is 42.8 Å². The maximum Gasteiger partial charge on any atom is 0.328 e. The molecule has 218 valence electrons. The number of pyridine rings is 1. The van der Waals surface area contributed by atoms with Gasteiger partial charge in [0.05, 0.1) is 28.0 Å². The molecule has 2 aromatic carbocycles. The SMILES string of the molecule is Cn1c(C2(NC(=O)c3cccc4c3c(C3CCCC3)c(-c3ccccn3)n4C)CCC2)nc2cc(C=CC(=O)O)ccc21. The van der Waals surface area contributed by atoms with Crippen LogP contribution in [0.2, 0.25) is 0 Å². The van der Waals surface area contributed by atoms with Crippen LogP contribution in [0, 0.1) is 0 Å². The van der Waals surface area contributed by atoms with Gasteiger partial charge in [-0.1, -0.05) is 31.0 Å². The van der Waals surface area contributed by atoms with Gasteiger partial charge in [0.15, 0.2) is 0 Å². The molecule has 0 unspecified atom stereocenters. The highest BCUT2D eigenvalue weighted by Gasteiger charge is 2.44. The van der Waals surface area contributed by atoms with Crippen molar-refractivity contribution in [2.45, 2.75) is 56.4 Å². The van der Waals surface area contributed by atoms with E-state index in [2.05, 4.69) is 33.6 Å². The first-order valence-electron chi connectivity index (χ1n) is 15.1. The van der Waals surface area contributed by atoms with Gasteiger partial charge in [0.1, 0.15) is 5.82 Å². The molecule has 2 aliphatic carbocycles. The van der Waals surface area contributed by atoms with Crippen LogP contribution in [0.4, 0.5) is 0 Å². The minimum Gasteiger partial charge on any atom is -0.478 e. The fourth-order valence-corrected chi connectivity index (χ4v) is 7.27. The topological polar surface area (TPSA) is 102 Å². The first kappa shape index (κ1) is 27.1. The molecule has 2 N–H and O–H groups in total. The second-order valence-electron chi connectivity index (χ2n) is 12.0. The average Bonchev–Trinajstić information content (AvgIpc) is 3.71. The first-order valence-corrected chi connectivity index (χ1v) is 15.1. The number of hydrogen-bond donors (Lipinski definition) is 2. The van der Waals surface area contributed by atoms with Gasteiger partial charge in [-0.3, -0.25) is 9.78 Å². The van der Waals surface area contributed by atoms with Gasteiger partial charge >= 0.3 is 5.97 Å². The van der Waals surface area contributed by atoms with Gasteiger partial charge in [-0.15, -0.1) is 0 Å². The summed E-state index contributed by atoms with van der Waals surface area (Å²) in [4.78, 5) is 35.1. The molecule has 0 spiro atoms. The number of hydrogen-bond acceptors (Lipinski definition) is 4. The molecule has 3 heterocycles. The number of imidazole rings is 1. The molecular weight excluding hydrogens is 538 g/mol. The third kappa shape index (κ3) is 4.52. The van der Waals surface area contributed by atoms with Gasteiger partial charge in [-0.2, -0.15) is 0 Å². The Labute approximate surface area is 250 Å².